The maximum atomic E-state index is 12.2. The van der Waals surface area contributed by atoms with Crippen LogP contribution in [0.1, 0.15) is 6.42 Å². The summed E-state index contributed by atoms with van der Waals surface area (Å²) in [6.45, 7) is 3.88. The molecular weight excluding hydrogens is 324 g/mol. The lowest BCUT2D eigenvalue weighted by Gasteiger charge is -2.20. The van der Waals surface area contributed by atoms with Crippen LogP contribution in [-0.4, -0.2) is 50.2 Å². The van der Waals surface area contributed by atoms with Gasteiger partial charge in [0.05, 0.1) is 25.0 Å². The summed E-state index contributed by atoms with van der Waals surface area (Å²) in [7, 11) is 3.58. The predicted octanol–water partition coefficient (Wildman–Crippen LogP) is 0.698. The minimum atomic E-state index is -0.100. The number of nitrogens with zero attached hydrogens (tertiary/aromatic N) is 3. The first-order chi connectivity index (χ1) is 9.67. The second-order valence-corrected chi connectivity index (χ2v) is 5.82. The van der Waals surface area contributed by atoms with Crippen molar-refractivity contribution < 1.29 is 4.74 Å². The van der Waals surface area contributed by atoms with E-state index in [2.05, 4.69) is 31.2 Å². The van der Waals surface area contributed by atoms with Gasteiger partial charge in [0.2, 0.25) is 0 Å². The molecule has 6 nitrogen and oxygen atoms in total. The Hall–Kier alpha value is -0.920. The van der Waals surface area contributed by atoms with Gasteiger partial charge in [0, 0.05) is 20.2 Å². The van der Waals surface area contributed by atoms with Crippen molar-refractivity contribution in [2.24, 2.45) is 5.92 Å². The molecule has 0 bridgehead atoms. The fourth-order valence-corrected chi connectivity index (χ4v) is 3.08. The van der Waals surface area contributed by atoms with E-state index in [4.69, 9.17) is 4.74 Å². The Morgan fingerprint density at radius 3 is 3.10 bits per heavy atom. The van der Waals surface area contributed by atoms with Crippen molar-refractivity contribution in [2.45, 2.75) is 13.0 Å². The van der Waals surface area contributed by atoms with Crippen LogP contribution in [0.15, 0.2) is 15.5 Å². The molecule has 2 rings (SSSR count). The Morgan fingerprint density at radius 1 is 1.60 bits per heavy atom. The number of rotatable bonds is 6. The maximum absolute atomic E-state index is 12.2. The number of ether oxygens (including phenoxy) is 1. The maximum Gasteiger partial charge on any atom is 0.283 e. The highest BCUT2D eigenvalue weighted by Crippen LogP contribution is 2.27. The van der Waals surface area contributed by atoms with Crippen LogP contribution in [0.5, 0.6) is 0 Å². The smallest absolute Gasteiger partial charge is 0.283 e. The highest BCUT2D eigenvalue weighted by molar-refractivity contribution is 9.10. The van der Waals surface area contributed by atoms with E-state index in [1.165, 1.54) is 4.68 Å². The second kappa shape index (κ2) is 7.19. The molecule has 0 saturated carbocycles. The van der Waals surface area contributed by atoms with Gasteiger partial charge in [-0.1, -0.05) is 0 Å². The molecule has 0 amide bonds. The van der Waals surface area contributed by atoms with Gasteiger partial charge in [-0.15, -0.1) is 0 Å². The molecule has 2 heterocycles. The molecule has 1 aliphatic rings. The summed E-state index contributed by atoms with van der Waals surface area (Å²) in [6.07, 6.45) is 2.91. The second-order valence-electron chi connectivity index (χ2n) is 5.02. The van der Waals surface area contributed by atoms with Crippen LogP contribution in [-0.2, 0) is 11.3 Å². The van der Waals surface area contributed by atoms with E-state index in [0.717, 1.165) is 31.7 Å². The molecule has 0 aromatic carbocycles. The Balaban J connectivity index is 2.14. The van der Waals surface area contributed by atoms with Gasteiger partial charge in [0.25, 0.3) is 5.56 Å². The van der Waals surface area contributed by atoms with Crippen molar-refractivity contribution in [1.82, 2.24) is 15.1 Å². The van der Waals surface area contributed by atoms with E-state index >= 15 is 0 Å². The third-order valence-corrected chi connectivity index (χ3v) is 4.34. The topological polar surface area (TPSA) is 59.4 Å². The lowest BCUT2D eigenvalue weighted by Crippen LogP contribution is -2.30. The monoisotopic (exact) mass is 344 g/mol. The highest BCUT2D eigenvalue weighted by Gasteiger charge is 2.24. The van der Waals surface area contributed by atoms with Gasteiger partial charge in [-0.3, -0.25) is 4.79 Å². The van der Waals surface area contributed by atoms with E-state index < -0.39 is 0 Å². The van der Waals surface area contributed by atoms with Crippen LogP contribution in [0.4, 0.5) is 5.69 Å². The van der Waals surface area contributed by atoms with Gasteiger partial charge in [0.15, 0.2) is 0 Å². The predicted molar refractivity (Wildman–Crippen MR) is 82.3 cm³/mol. The number of methoxy groups -OCH3 is 1. The molecular formula is C13H21BrN4O2. The standard InChI is InChI=1S/C13H21BrN4O2/c1-15-7-10-3-4-17(9-10)11-8-16-18(5-6-20-2)13(19)12(11)14/h8,10,15H,3-7,9H2,1-2H3. The summed E-state index contributed by atoms with van der Waals surface area (Å²) in [6, 6.07) is 0. The molecule has 1 unspecified atom stereocenters. The summed E-state index contributed by atoms with van der Waals surface area (Å²) >= 11 is 3.42. The van der Waals surface area contributed by atoms with Crippen molar-refractivity contribution in [1.29, 1.82) is 0 Å². The molecule has 1 saturated heterocycles. The molecule has 1 aromatic rings. The number of hydrogen-bond acceptors (Lipinski definition) is 5. The Labute approximate surface area is 127 Å². The molecule has 1 aromatic heterocycles. The lowest BCUT2D eigenvalue weighted by atomic mass is 10.1. The first-order valence-electron chi connectivity index (χ1n) is 6.81. The van der Waals surface area contributed by atoms with E-state index in [0.29, 0.717) is 23.5 Å². The fourth-order valence-electron chi connectivity index (χ4n) is 2.52. The minimum absolute atomic E-state index is 0.100. The minimum Gasteiger partial charge on any atom is -0.383 e. The van der Waals surface area contributed by atoms with Gasteiger partial charge in [-0.2, -0.15) is 5.10 Å². The largest absolute Gasteiger partial charge is 0.383 e. The summed E-state index contributed by atoms with van der Waals surface area (Å²) in [4.78, 5) is 14.4. The SMILES string of the molecule is CNCC1CCN(c2cnn(CCOC)c(=O)c2Br)C1. The summed E-state index contributed by atoms with van der Waals surface area (Å²) < 4.78 is 7.00. The van der Waals surface area contributed by atoms with Crippen LogP contribution in [0.3, 0.4) is 0 Å². The van der Waals surface area contributed by atoms with Gasteiger partial charge >= 0.3 is 0 Å². The van der Waals surface area contributed by atoms with Crippen LogP contribution in [0, 0.1) is 5.92 Å². The third kappa shape index (κ3) is 3.39. The molecule has 0 spiro atoms. The van der Waals surface area contributed by atoms with Crippen molar-refractivity contribution >= 4 is 21.6 Å². The number of halogens is 1. The molecule has 1 fully saturated rings. The lowest BCUT2D eigenvalue weighted by molar-refractivity contribution is 0.181. The number of aromatic nitrogens is 2. The van der Waals surface area contributed by atoms with Crippen molar-refractivity contribution in [3.05, 3.63) is 21.0 Å². The quantitative estimate of drug-likeness (QED) is 0.823. The average molecular weight is 345 g/mol. The first-order valence-corrected chi connectivity index (χ1v) is 7.60. The van der Waals surface area contributed by atoms with Crippen molar-refractivity contribution in [3.8, 4) is 0 Å². The molecule has 20 heavy (non-hydrogen) atoms. The molecule has 112 valence electrons. The van der Waals surface area contributed by atoms with E-state index in [-0.39, 0.29) is 5.56 Å². The van der Waals surface area contributed by atoms with Crippen molar-refractivity contribution in [2.75, 3.05) is 45.3 Å². The number of nitrogens with one attached hydrogen (secondary N) is 1. The molecule has 1 atom stereocenters. The zero-order chi connectivity index (χ0) is 14.5. The van der Waals surface area contributed by atoms with E-state index in [9.17, 15) is 4.79 Å². The summed E-state index contributed by atoms with van der Waals surface area (Å²) in [5.74, 6) is 0.628. The van der Waals surface area contributed by atoms with Crippen LogP contribution in [0.25, 0.3) is 0 Å². The Bertz CT molecular complexity index is 506. The zero-order valence-electron chi connectivity index (χ0n) is 11.9. The molecule has 1 aliphatic heterocycles. The number of hydrogen-bond donors (Lipinski definition) is 1. The van der Waals surface area contributed by atoms with E-state index in [1.54, 1.807) is 13.3 Å². The van der Waals surface area contributed by atoms with Gasteiger partial charge in [-0.05, 0) is 41.9 Å². The van der Waals surface area contributed by atoms with Gasteiger partial charge in [-0.25, -0.2) is 4.68 Å². The molecule has 0 aliphatic carbocycles. The van der Waals surface area contributed by atoms with Crippen LogP contribution in [0.2, 0.25) is 0 Å². The molecule has 7 heteroatoms. The summed E-state index contributed by atoms with van der Waals surface area (Å²) in [5.41, 5.74) is 0.791. The third-order valence-electron chi connectivity index (χ3n) is 3.59. The normalized spacial score (nSPS) is 18.8. The van der Waals surface area contributed by atoms with E-state index in [1.807, 2.05) is 7.05 Å². The molecule has 1 N–H and O–H groups in total. The van der Waals surface area contributed by atoms with Crippen LogP contribution < -0.4 is 15.8 Å². The Morgan fingerprint density at radius 2 is 2.40 bits per heavy atom. The highest BCUT2D eigenvalue weighted by atomic mass is 79.9. The molecule has 0 radical (unpaired) electrons. The average Bonchev–Trinajstić information content (AvgIpc) is 2.89. The first kappa shape index (κ1) is 15.5. The summed E-state index contributed by atoms with van der Waals surface area (Å²) in [5, 5.41) is 7.44. The van der Waals surface area contributed by atoms with Crippen LogP contribution >= 0.6 is 15.9 Å². The fraction of sp³-hybridized carbons (Fsp3) is 0.692. The number of anilines is 1. The van der Waals surface area contributed by atoms with Crippen molar-refractivity contribution in [3.63, 3.8) is 0 Å². The van der Waals surface area contributed by atoms with Gasteiger partial charge < -0.3 is 15.0 Å². The Kier molecular flexibility index (Phi) is 5.56. The zero-order valence-corrected chi connectivity index (χ0v) is 13.5. The van der Waals surface area contributed by atoms with Gasteiger partial charge in [0.1, 0.15) is 4.47 Å².